The second kappa shape index (κ2) is 14.5. The van der Waals surface area contributed by atoms with Gasteiger partial charge in [0.15, 0.2) is 0 Å². The number of aromatic carboxylic acids is 1. The number of rotatable bonds is 17. The van der Waals surface area contributed by atoms with Crippen molar-refractivity contribution >= 4 is 16.0 Å². The number of carbonyl (C=O) groups is 1. The van der Waals surface area contributed by atoms with Crippen LogP contribution in [0.5, 0.6) is 0 Å². The first-order chi connectivity index (χ1) is 13.8. The monoisotopic (exact) mass is 427 g/mol. The van der Waals surface area contributed by atoms with E-state index < -0.39 is 16.0 Å². The van der Waals surface area contributed by atoms with E-state index in [1.165, 1.54) is 19.3 Å². The van der Waals surface area contributed by atoms with Gasteiger partial charge >= 0.3 is 5.97 Å². The van der Waals surface area contributed by atoms with Crippen molar-refractivity contribution in [2.24, 2.45) is 0 Å². The minimum absolute atomic E-state index is 0.0868. The molecule has 0 bridgehead atoms. The molecule has 29 heavy (non-hydrogen) atoms. The van der Waals surface area contributed by atoms with Gasteiger partial charge < -0.3 is 10.2 Å². The van der Waals surface area contributed by atoms with E-state index in [9.17, 15) is 18.3 Å². The van der Waals surface area contributed by atoms with Gasteiger partial charge in [0.1, 0.15) is 0 Å². The Bertz CT molecular complexity index is 673. The van der Waals surface area contributed by atoms with E-state index in [2.05, 4.69) is 11.6 Å². The number of aliphatic hydroxyl groups excluding tert-OH is 1. The highest BCUT2D eigenvalue weighted by molar-refractivity contribution is 7.89. The van der Waals surface area contributed by atoms with Gasteiger partial charge in [0.2, 0.25) is 10.0 Å². The lowest BCUT2D eigenvalue weighted by Crippen LogP contribution is -2.27. The van der Waals surface area contributed by atoms with Crippen molar-refractivity contribution in [3.63, 3.8) is 0 Å². The number of nitrogens with one attached hydrogen (secondary N) is 1. The van der Waals surface area contributed by atoms with Gasteiger partial charge in [-0.2, -0.15) is 0 Å². The molecule has 1 unspecified atom stereocenters. The fraction of sp³-hybridized carbons (Fsp3) is 0.682. The molecular weight excluding hydrogens is 390 g/mol. The summed E-state index contributed by atoms with van der Waals surface area (Å²) in [7, 11) is -3.29. The molecule has 166 valence electrons. The van der Waals surface area contributed by atoms with Crippen LogP contribution in [0.3, 0.4) is 0 Å². The smallest absolute Gasteiger partial charge is 0.335 e. The molecule has 7 heteroatoms. The highest BCUT2D eigenvalue weighted by Gasteiger charge is 2.10. The third-order valence-corrected chi connectivity index (χ3v) is 6.48. The molecule has 0 heterocycles. The van der Waals surface area contributed by atoms with E-state index >= 15 is 0 Å². The number of sulfonamides is 1. The number of carboxylic acids is 1. The zero-order valence-electron chi connectivity index (χ0n) is 17.6. The zero-order chi connectivity index (χ0) is 21.5. The normalized spacial score (nSPS) is 12.8. The van der Waals surface area contributed by atoms with Gasteiger partial charge in [-0.05, 0) is 56.2 Å². The molecule has 1 rings (SSSR count). The quantitative estimate of drug-likeness (QED) is 0.324. The first-order valence-electron chi connectivity index (χ1n) is 10.8. The van der Waals surface area contributed by atoms with Crippen molar-refractivity contribution in [2.45, 2.75) is 83.7 Å². The van der Waals surface area contributed by atoms with Gasteiger partial charge in [-0.15, -0.1) is 0 Å². The Hall–Kier alpha value is -1.44. The molecular formula is C22H37NO5S. The molecule has 0 aliphatic carbocycles. The van der Waals surface area contributed by atoms with Crippen molar-refractivity contribution in [3.05, 3.63) is 35.4 Å². The topological polar surface area (TPSA) is 104 Å². The largest absolute Gasteiger partial charge is 0.478 e. The van der Waals surface area contributed by atoms with E-state index in [4.69, 9.17) is 5.11 Å². The maximum Gasteiger partial charge on any atom is 0.335 e. The number of aryl methyl sites for hydroxylation is 1. The Morgan fingerprint density at radius 2 is 1.59 bits per heavy atom. The molecule has 3 N–H and O–H groups in total. The van der Waals surface area contributed by atoms with Crippen LogP contribution in [0.1, 0.15) is 87.1 Å². The molecule has 0 aliphatic rings. The number of unbranched alkanes of at least 4 members (excludes halogenated alkanes) is 5. The van der Waals surface area contributed by atoms with Gasteiger partial charge in [0.05, 0.1) is 17.4 Å². The van der Waals surface area contributed by atoms with Gasteiger partial charge in [-0.1, -0.05) is 51.2 Å². The number of aliphatic hydroxyl groups is 1. The molecule has 1 atom stereocenters. The van der Waals surface area contributed by atoms with Gasteiger partial charge in [-0.3, -0.25) is 0 Å². The summed E-state index contributed by atoms with van der Waals surface area (Å²) in [4.78, 5) is 10.8. The van der Waals surface area contributed by atoms with Crippen LogP contribution in [-0.2, 0) is 16.4 Å². The van der Waals surface area contributed by atoms with Gasteiger partial charge in [0.25, 0.3) is 0 Å². The molecule has 1 aromatic rings. The van der Waals surface area contributed by atoms with Crippen molar-refractivity contribution in [2.75, 3.05) is 12.3 Å². The van der Waals surface area contributed by atoms with Crippen molar-refractivity contribution < 1.29 is 23.4 Å². The second-order valence-corrected chi connectivity index (χ2v) is 9.60. The lowest BCUT2D eigenvalue weighted by atomic mass is 10.0. The lowest BCUT2D eigenvalue weighted by molar-refractivity contribution is 0.0697. The Balaban J connectivity index is 2.10. The summed E-state index contributed by atoms with van der Waals surface area (Å²) in [6.45, 7) is 2.54. The van der Waals surface area contributed by atoms with E-state index in [0.717, 1.165) is 24.8 Å². The lowest BCUT2D eigenvalue weighted by Gasteiger charge is -2.11. The molecule has 0 radical (unpaired) electrons. The molecule has 6 nitrogen and oxygen atoms in total. The number of benzene rings is 1. The van der Waals surface area contributed by atoms with Crippen molar-refractivity contribution in [3.8, 4) is 0 Å². The minimum Gasteiger partial charge on any atom is -0.478 e. The molecule has 0 amide bonds. The van der Waals surface area contributed by atoms with Crippen LogP contribution in [0.15, 0.2) is 24.3 Å². The summed E-state index contributed by atoms with van der Waals surface area (Å²) in [5, 5.41) is 18.8. The van der Waals surface area contributed by atoms with Crippen LogP contribution in [-0.4, -0.2) is 43.0 Å². The highest BCUT2D eigenvalue weighted by Crippen LogP contribution is 2.12. The second-order valence-electron chi connectivity index (χ2n) is 7.67. The van der Waals surface area contributed by atoms with Crippen LogP contribution in [0.2, 0.25) is 0 Å². The predicted molar refractivity (Wildman–Crippen MR) is 117 cm³/mol. The van der Waals surface area contributed by atoms with Gasteiger partial charge in [-0.25, -0.2) is 17.9 Å². The van der Waals surface area contributed by atoms with E-state index in [0.29, 0.717) is 38.6 Å². The van der Waals surface area contributed by atoms with Crippen LogP contribution < -0.4 is 4.72 Å². The molecule has 0 aliphatic heterocycles. The third kappa shape index (κ3) is 12.7. The number of hydrogen-bond donors (Lipinski definition) is 3. The van der Waals surface area contributed by atoms with E-state index in [-0.39, 0.29) is 17.4 Å². The Morgan fingerprint density at radius 3 is 2.21 bits per heavy atom. The standard InChI is InChI=1S/C22H37NO5S/c1-2-3-4-5-6-11-21(24)12-7-8-18-29(27,28)23-17-9-10-19-13-15-20(16-14-19)22(25)26/h13-16,21,23-24H,2-12,17-18H2,1H3,(H,25,26). The summed E-state index contributed by atoms with van der Waals surface area (Å²) in [6.07, 6.45) is 9.65. The van der Waals surface area contributed by atoms with Crippen LogP contribution in [0, 0.1) is 0 Å². The fourth-order valence-electron chi connectivity index (χ4n) is 3.21. The predicted octanol–water partition coefficient (Wildman–Crippen LogP) is 4.13. The van der Waals surface area contributed by atoms with Crippen LogP contribution >= 0.6 is 0 Å². The van der Waals surface area contributed by atoms with Crippen LogP contribution in [0.4, 0.5) is 0 Å². The summed E-state index contributed by atoms with van der Waals surface area (Å²) in [5.74, 6) is -0.868. The Morgan fingerprint density at radius 1 is 0.966 bits per heavy atom. The number of hydrogen-bond acceptors (Lipinski definition) is 4. The first kappa shape index (κ1) is 25.6. The van der Waals surface area contributed by atoms with Crippen molar-refractivity contribution in [1.82, 2.24) is 4.72 Å². The summed E-state index contributed by atoms with van der Waals surface area (Å²) in [5.41, 5.74) is 1.23. The zero-order valence-corrected chi connectivity index (χ0v) is 18.4. The first-order valence-corrected chi connectivity index (χ1v) is 12.5. The molecule has 0 fully saturated rings. The van der Waals surface area contributed by atoms with E-state index in [1.54, 1.807) is 24.3 Å². The molecule has 0 saturated carbocycles. The molecule has 0 saturated heterocycles. The summed E-state index contributed by atoms with van der Waals surface area (Å²) in [6, 6.07) is 6.63. The van der Waals surface area contributed by atoms with E-state index in [1.807, 2.05) is 0 Å². The molecule has 0 aromatic heterocycles. The van der Waals surface area contributed by atoms with Crippen LogP contribution in [0.25, 0.3) is 0 Å². The minimum atomic E-state index is -3.29. The Labute approximate surface area is 175 Å². The maximum atomic E-state index is 12.0. The fourth-order valence-corrected chi connectivity index (χ4v) is 4.39. The molecule has 0 spiro atoms. The maximum absolute atomic E-state index is 12.0. The van der Waals surface area contributed by atoms with Crippen molar-refractivity contribution in [1.29, 1.82) is 0 Å². The summed E-state index contributed by atoms with van der Waals surface area (Å²) < 4.78 is 26.7. The molecule has 1 aromatic carbocycles. The number of carboxylic acid groups (broad SMARTS) is 1. The Kier molecular flexibility index (Phi) is 12.8. The highest BCUT2D eigenvalue weighted by atomic mass is 32.2. The van der Waals surface area contributed by atoms with Gasteiger partial charge in [0, 0.05) is 6.54 Å². The average Bonchev–Trinajstić information content (AvgIpc) is 2.69. The summed E-state index contributed by atoms with van der Waals surface area (Å²) >= 11 is 0. The SMILES string of the molecule is CCCCCCCC(O)CCCCS(=O)(=O)NCCCc1ccc(C(=O)O)cc1. The average molecular weight is 428 g/mol. The third-order valence-electron chi connectivity index (χ3n) is 5.01.